The first kappa shape index (κ1) is 13.2. The number of rotatable bonds is 4. The lowest BCUT2D eigenvalue weighted by Gasteiger charge is -2.31. The van der Waals surface area contributed by atoms with Gasteiger partial charge < -0.3 is 11.1 Å². The topological polar surface area (TPSA) is 41.3 Å². The van der Waals surface area contributed by atoms with Crippen LogP contribution in [0.15, 0.2) is 24.3 Å². The molecule has 1 aromatic rings. The van der Waals surface area contributed by atoms with E-state index in [9.17, 15) is 0 Å². The Morgan fingerprint density at radius 2 is 2.16 bits per heavy atom. The maximum Gasteiger partial charge on any atom is 0.0637 e. The zero-order valence-corrected chi connectivity index (χ0v) is 12.2. The van der Waals surface area contributed by atoms with Gasteiger partial charge in [-0.25, -0.2) is 0 Å². The number of likely N-dealkylation sites (tertiary alicyclic amines) is 1. The van der Waals surface area contributed by atoms with Crippen LogP contribution < -0.4 is 11.1 Å². The molecule has 3 rings (SSSR count). The number of para-hydroxylation sites is 1. The Kier molecular flexibility index (Phi) is 3.46. The smallest absolute Gasteiger partial charge is 0.0637 e. The Labute approximate surface area is 120 Å². The molecule has 0 spiro atoms. The van der Waals surface area contributed by atoms with Crippen LogP contribution in [-0.2, 0) is 0 Å². The van der Waals surface area contributed by atoms with Gasteiger partial charge in [0.2, 0.25) is 0 Å². The molecule has 1 aromatic carbocycles. The third-order valence-electron chi connectivity index (χ3n) is 4.42. The van der Waals surface area contributed by atoms with Crippen LogP contribution in [0.2, 0.25) is 5.02 Å². The number of nitrogens with one attached hydrogen (secondary N) is 1. The van der Waals surface area contributed by atoms with E-state index in [1.54, 1.807) is 0 Å². The van der Waals surface area contributed by atoms with Gasteiger partial charge in [0.1, 0.15) is 0 Å². The van der Waals surface area contributed by atoms with E-state index >= 15 is 0 Å². The number of halogens is 1. The molecule has 2 unspecified atom stereocenters. The van der Waals surface area contributed by atoms with Crippen molar-refractivity contribution >= 4 is 17.3 Å². The van der Waals surface area contributed by atoms with Gasteiger partial charge in [0, 0.05) is 25.2 Å². The highest BCUT2D eigenvalue weighted by Gasteiger charge is 2.46. The van der Waals surface area contributed by atoms with Crippen LogP contribution in [0.3, 0.4) is 0 Å². The van der Waals surface area contributed by atoms with Gasteiger partial charge in [-0.1, -0.05) is 23.7 Å². The molecule has 4 heteroatoms. The highest BCUT2D eigenvalue weighted by atomic mass is 35.5. The van der Waals surface area contributed by atoms with Gasteiger partial charge in [-0.3, -0.25) is 4.90 Å². The van der Waals surface area contributed by atoms with E-state index in [0.29, 0.717) is 12.6 Å². The summed E-state index contributed by atoms with van der Waals surface area (Å²) in [5.41, 5.74) is 7.04. The Bertz CT molecular complexity index is 460. The maximum atomic E-state index is 6.25. The minimum Gasteiger partial charge on any atom is -0.376 e. The van der Waals surface area contributed by atoms with E-state index in [0.717, 1.165) is 29.7 Å². The number of anilines is 1. The quantitative estimate of drug-likeness (QED) is 0.890. The van der Waals surface area contributed by atoms with E-state index in [1.807, 2.05) is 24.3 Å². The number of nitrogens with two attached hydrogens (primary N) is 1. The summed E-state index contributed by atoms with van der Waals surface area (Å²) in [6.07, 6.45) is 3.78. The van der Waals surface area contributed by atoms with Gasteiger partial charge in [0.05, 0.1) is 16.2 Å². The predicted octanol–water partition coefficient (Wildman–Crippen LogP) is 2.71. The third-order valence-corrected chi connectivity index (χ3v) is 4.75. The summed E-state index contributed by atoms with van der Waals surface area (Å²) in [7, 11) is 0. The first-order chi connectivity index (χ1) is 9.13. The number of nitrogens with zero attached hydrogens (tertiary/aromatic N) is 1. The molecule has 0 bridgehead atoms. The van der Waals surface area contributed by atoms with E-state index in [2.05, 4.69) is 17.1 Å². The summed E-state index contributed by atoms with van der Waals surface area (Å²) in [5, 5.41) is 4.39. The van der Waals surface area contributed by atoms with Crippen molar-refractivity contribution in [2.45, 2.75) is 43.8 Å². The van der Waals surface area contributed by atoms with Crippen LogP contribution in [0.4, 0.5) is 5.69 Å². The second-order valence-electron chi connectivity index (χ2n) is 6.05. The molecule has 1 aliphatic heterocycles. The molecule has 0 radical (unpaired) electrons. The molecule has 2 aliphatic rings. The summed E-state index contributed by atoms with van der Waals surface area (Å²) in [6.45, 7) is 3.98. The molecule has 104 valence electrons. The van der Waals surface area contributed by atoms with E-state index in [-0.39, 0.29) is 5.54 Å². The summed E-state index contributed by atoms with van der Waals surface area (Å²) in [5.74, 6) is 0. The van der Waals surface area contributed by atoms with E-state index < -0.39 is 0 Å². The first-order valence-corrected chi connectivity index (χ1v) is 7.50. The van der Waals surface area contributed by atoms with Crippen molar-refractivity contribution in [1.29, 1.82) is 0 Å². The standard InChI is InChI=1S/C15H22ClN3/c1-11-8-15(9-17,10-19(11)12-6-7-12)18-14-5-3-2-4-13(14)16/h2-5,11-12,18H,6-10,17H2,1H3. The van der Waals surface area contributed by atoms with E-state index in [1.165, 1.54) is 12.8 Å². The lowest BCUT2D eigenvalue weighted by Crippen LogP contribution is -2.48. The van der Waals surface area contributed by atoms with Gasteiger partial charge in [-0.15, -0.1) is 0 Å². The summed E-state index contributed by atoms with van der Waals surface area (Å²) >= 11 is 6.25. The molecule has 0 amide bonds. The molecular formula is C15H22ClN3. The first-order valence-electron chi connectivity index (χ1n) is 7.12. The fourth-order valence-corrected chi connectivity index (χ4v) is 3.47. The van der Waals surface area contributed by atoms with Gasteiger partial charge in [0.25, 0.3) is 0 Å². The Balaban J connectivity index is 1.79. The summed E-state index contributed by atoms with van der Waals surface area (Å²) in [4.78, 5) is 2.61. The Morgan fingerprint density at radius 1 is 1.42 bits per heavy atom. The minimum absolute atomic E-state index is 0.0347. The Hall–Kier alpha value is -0.770. The van der Waals surface area contributed by atoms with Crippen molar-refractivity contribution in [3.63, 3.8) is 0 Å². The second-order valence-corrected chi connectivity index (χ2v) is 6.45. The van der Waals surface area contributed by atoms with Crippen molar-refractivity contribution < 1.29 is 0 Å². The average molecular weight is 280 g/mol. The normalized spacial score (nSPS) is 31.6. The lowest BCUT2D eigenvalue weighted by atomic mass is 9.96. The zero-order valence-electron chi connectivity index (χ0n) is 11.4. The molecule has 3 N–H and O–H groups in total. The highest BCUT2D eigenvalue weighted by Crippen LogP contribution is 2.39. The van der Waals surface area contributed by atoms with Crippen molar-refractivity contribution in [1.82, 2.24) is 4.90 Å². The third kappa shape index (κ3) is 2.60. The molecule has 2 atom stereocenters. The zero-order chi connectivity index (χ0) is 13.5. The van der Waals surface area contributed by atoms with Crippen molar-refractivity contribution in [2.24, 2.45) is 5.73 Å². The minimum atomic E-state index is -0.0347. The molecular weight excluding hydrogens is 258 g/mol. The van der Waals surface area contributed by atoms with Gasteiger partial charge >= 0.3 is 0 Å². The molecule has 19 heavy (non-hydrogen) atoms. The van der Waals surface area contributed by atoms with Crippen LogP contribution >= 0.6 is 11.6 Å². The fraction of sp³-hybridized carbons (Fsp3) is 0.600. The molecule has 1 heterocycles. The maximum absolute atomic E-state index is 6.25. The number of benzene rings is 1. The molecule has 2 fully saturated rings. The molecule has 1 saturated carbocycles. The second kappa shape index (κ2) is 4.97. The van der Waals surface area contributed by atoms with Crippen molar-refractivity contribution in [3.05, 3.63) is 29.3 Å². The van der Waals surface area contributed by atoms with E-state index in [4.69, 9.17) is 17.3 Å². The summed E-state index contributed by atoms with van der Waals surface area (Å²) < 4.78 is 0. The van der Waals surface area contributed by atoms with Crippen LogP contribution in [-0.4, -0.2) is 35.6 Å². The molecule has 3 nitrogen and oxygen atoms in total. The SMILES string of the molecule is CC1CC(CN)(Nc2ccccc2Cl)CN1C1CC1. The summed E-state index contributed by atoms with van der Waals surface area (Å²) in [6, 6.07) is 9.31. The van der Waals surface area contributed by atoms with Gasteiger partial charge in [-0.2, -0.15) is 0 Å². The Morgan fingerprint density at radius 3 is 2.79 bits per heavy atom. The highest BCUT2D eigenvalue weighted by molar-refractivity contribution is 6.33. The van der Waals surface area contributed by atoms with Crippen LogP contribution in [0.1, 0.15) is 26.2 Å². The van der Waals surface area contributed by atoms with Crippen LogP contribution in [0.5, 0.6) is 0 Å². The van der Waals surface area contributed by atoms with Crippen LogP contribution in [0, 0.1) is 0 Å². The van der Waals surface area contributed by atoms with Gasteiger partial charge in [-0.05, 0) is 38.3 Å². The molecule has 1 aliphatic carbocycles. The monoisotopic (exact) mass is 279 g/mol. The largest absolute Gasteiger partial charge is 0.376 e. The van der Waals surface area contributed by atoms with Crippen molar-refractivity contribution in [2.75, 3.05) is 18.4 Å². The van der Waals surface area contributed by atoms with Gasteiger partial charge in [0.15, 0.2) is 0 Å². The number of hydrogen-bond acceptors (Lipinski definition) is 3. The van der Waals surface area contributed by atoms with Crippen LogP contribution in [0.25, 0.3) is 0 Å². The average Bonchev–Trinajstić information content (AvgIpc) is 3.18. The lowest BCUT2D eigenvalue weighted by molar-refractivity contribution is 0.252. The molecule has 0 aromatic heterocycles. The predicted molar refractivity (Wildman–Crippen MR) is 80.7 cm³/mol. The molecule has 1 saturated heterocycles. The number of hydrogen-bond donors (Lipinski definition) is 2. The fourth-order valence-electron chi connectivity index (χ4n) is 3.29. The van der Waals surface area contributed by atoms with Crippen molar-refractivity contribution in [3.8, 4) is 0 Å².